The van der Waals surface area contributed by atoms with Crippen molar-refractivity contribution in [3.05, 3.63) is 58.3 Å². The summed E-state index contributed by atoms with van der Waals surface area (Å²) in [5, 5.41) is 0. The summed E-state index contributed by atoms with van der Waals surface area (Å²) in [4.78, 5) is 19.4. The highest BCUT2D eigenvalue weighted by atomic mass is 79.9. The quantitative estimate of drug-likeness (QED) is 0.818. The number of rotatable bonds is 3. The molecule has 0 spiro atoms. The van der Waals surface area contributed by atoms with E-state index in [9.17, 15) is 9.18 Å². The van der Waals surface area contributed by atoms with Crippen LogP contribution >= 0.6 is 15.9 Å². The van der Waals surface area contributed by atoms with Gasteiger partial charge in [-0.2, -0.15) is 0 Å². The number of aromatic nitrogens is 2. The Morgan fingerprint density at radius 1 is 1.24 bits per heavy atom. The van der Waals surface area contributed by atoms with Crippen LogP contribution in [0.1, 0.15) is 15.9 Å². The molecule has 0 saturated carbocycles. The Labute approximate surface area is 106 Å². The van der Waals surface area contributed by atoms with Gasteiger partial charge in [-0.25, -0.2) is 14.4 Å². The van der Waals surface area contributed by atoms with Gasteiger partial charge in [0.15, 0.2) is 5.78 Å². The molecular weight excluding hydrogens is 287 g/mol. The highest BCUT2D eigenvalue weighted by Crippen LogP contribution is 2.16. The maximum atomic E-state index is 13.1. The maximum Gasteiger partial charge on any atom is 0.170 e. The number of carbonyl (C=O) groups excluding carboxylic acids is 1. The Kier molecular flexibility index (Phi) is 3.58. The van der Waals surface area contributed by atoms with Gasteiger partial charge < -0.3 is 0 Å². The van der Waals surface area contributed by atoms with Crippen LogP contribution < -0.4 is 0 Å². The van der Waals surface area contributed by atoms with Crippen LogP contribution in [-0.2, 0) is 6.42 Å². The zero-order valence-electron chi connectivity index (χ0n) is 8.73. The molecule has 17 heavy (non-hydrogen) atoms. The molecule has 5 heteroatoms. The molecule has 0 aliphatic carbocycles. The average molecular weight is 295 g/mol. The van der Waals surface area contributed by atoms with Crippen molar-refractivity contribution >= 4 is 21.7 Å². The Hall–Kier alpha value is -1.62. The molecule has 3 nitrogen and oxygen atoms in total. The minimum absolute atomic E-state index is 0.129. The molecule has 0 aliphatic heterocycles. The van der Waals surface area contributed by atoms with Crippen molar-refractivity contribution in [3.63, 3.8) is 0 Å². The summed E-state index contributed by atoms with van der Waals surface area (Å²) in [7, 11) is 0. The van der Waals surface area contributed by atoms with Crippen molar-refractivity contribution in [2.45, 2.75) is 6.42 Å². The molecule has 0 aliphatic rings. The highest BCUT2D eigenvalue weighted by Gasteiger charge is 2.08. The second-order valence-electron chi connectivity index (χ2n) is 3.50. The molecule has 0 saturated heterocycles. The van der Waals surface area contributed by atoms with Gasteiger partial charge >= 0.3 is 0 Å². The lowest BCUT2D eigenvalue weighted by Gasteiger charge is -2.02. The zero-order valence-corrected chi connectivity index (χ0v) is 10.3. The summed E-state index contributed by atoms with van der Waals surface area (Å²) in [6, 6.07) is 4.40. The van der Waals surface area contributed by atoms with Gasteiger partial charge in [0.1, 0.15) is 12.1 Å². The zero-order chi connectivity index (χ0) is 12.3. The molecular formula is C12H8BrFN2O. The van der Waals surface area contributed by atoms with Crippen molar-refractivity contribution < 1.29 is 9.18 Å². The fraction of sp³-hybridized carbons (Fsp3) is 0.0833. The van der Waals surface area contributed by atoms with Gasteiger partial charge in [0.05, 0.1) is 5.56 Å². The van der Waals surface area contributed by atoms with Crippen LogP contribution in [0, 0.1) is 5.82 Å². The van der Waals surface area contributed by atoms with Crippen LogP contribution in [0.3, 0.4) is 0 Å². The van der Waals surface area contributed by atoms with E-state index in [1.165, 1.54) is 30.9 Å². The van der Waals surface area contributed by atoms with Crippen LogP contribution in [0.25, 0.3) is 0 Å². The van der Waals surface area contributed by atoms with E-state index in [2.05, 4.69) is 25.9 Å². The molecule has 2 rings (SSSR count). The lowest BCUT2D eigenvalue weighted by atomic mass is 10.1. The average Bonchev–Trinajstić information content (AvgIpc) is 2.28. The molecule has 0 atom stereocenters. The van der Waals surface area contributed by atoms with E-state index < -0.39 is 0 Å². The predicted molar refractivity (Wildman–Crippen MR) is 64.2 cm³/mol. The smallest absolute Gasteiger partial charge is 0.170 e. The van der Waals surface area contributed by atoms with Crippen LogP contribution in [-0.4, -0.2) is 15.8 Å². The topological polar surface area (TPSA) is 42.9 Å². The first-order valence-corrected chi connectivity index (χ1v) is 5.67. The minimum Gasteiger partial charge on any atom is -0.294 e. The van der Waals surface area contributed by atoms with E-state index in [0.29, 0.717) is 15.6 Å². The second kappa shape index (κ2) is 5.14. The first kappa shape index (κ1) is 11.9. The number of Topliss-reactive ketones (excluding diaryl/α,β-unsaturated/α-hetero) is 1. The molecule has 1 heterocycles. The number of nitrogens with zero attached hydrogens (tertiary/aromatic N) is 2. The number of hydrogen-bond donors (Lipinski definition) is 0. The number of benzene rings is 1. The first-order chi connectivity index (χ1) is 8.15. The monoisotopic (exact) mass is 294 g/mol. The molecule has 0 unspecified atom stereocenters. The third kappa shape index (κ3) is 3.17. The lowest BCUT2D eigenvalue weighted by molar-refractivity contribution is 0.0992. The van der Waals surface area contributed by atoms with E-state index in [-0.39, 0.29) is 18.0 Å². The van der Waals surface area contributed by atoms with Gasteiger partial charge in [0.2, 0.25) is 0 Å². The summed E-state index contributed by atoms with van der Waals surface area (Å²) in [6.07, 6.45) is 4.38. The van der Waals surface area contributed by atoms with Crippen LogP contribution in [0.2, 0.25) is 0 Å². The summed E-state index contributed by atoms with van der Waals surface area (Å²) >= 11 is 3.18. The molecule has 1 aromatic carbocycles. The van der Waals surface area contributed by atoms with Gasteiger partial charge in [-0.05, 0) is 23.8 Å². The third-order valence-corrected chi connectivity index (χ3v) is 2.63. The molecule has 0 amide bonds. The standard InChI is InChI=1S/C12H8BrFN2O/c13-10-1-8(2-11(14)4-10)3-12(17)9-5-15-7-16-6-9/h1-2,4-7H,3H2. The second-order valence-corrected chi connectivity index (χ2v) is 4.42. The van der Waals surface area contributed by atoms with Gasteiger partial charge in [-0.1, -0.05) is 15.9 Å². The SMILES string of the molecule is O=C(Cc1cc(F)cc(Br)c1)c1cncnc1. The number of halogens is 2. The summed E-state index contributed by atoms with van der Waals surface area (Å²) < 4.78 is 13.7. The lowest BCUT2D eigenvalue weighted by Crippen LogP contribution is -2.04. The Bertz CT molecular complexity index is 525. The van der Waals surface area contributed by atoms with Crippen LogP contribution in [0.15, 0.2) is 41.4 Å². The number of ketones is 1. The van der Waals surface area contributed by atoms with Crippen molar-refractivity contribution in [2.24, 2.45) is 0 Å². The highest BCUT2D eigenvalue weighted by molar-refractivity contribution is 9.10. The van der Waals surface area contributed by atoms with E-state index >= 15 is 0 Å². The first-order valence-electron chi connectivity index (χ1n) is 4.88. The molecule has 0 fully saturated rings. The van der Waals surface area contributed by atoms with Crippen molar-refractivity contribution in [2.75, 3.05) is 0 Å². The minimum atomic E-state index is -0.369. The Balaban J connectivity index is 2.19. The summed E-state index contributed by atoms with van der Waals surface area (Å²) in [5.41, 5.74) is 1.04. The molecule has 0 radical (unpaired) electrons. The van der Waals surface area contributed by atoms with Gasteiger partial charge in [0, 0.05) is 23.3 Å². The molecule has 1 aromatic heterocycles. The molecule has 0 N–H and O–H groups in total. The third-order valence-electron chi connectivity index (χ3n) is 2.17. The maximum absolute atomic E-state index is 13.1. The molecule has 2 aromatic rings. The Morgan fingerprint density at radius 3 is 2.59 bits per heavy atom. The fourth-order valence-electron chi connectivity index (χ4n) is 1.44. The van der Waals surface area contributed by atoms with Crippen LogP contribution in [0.4, 0.5) is 4.39 Å². The fourth-order valence-corrected chi connectivity index (χ4v) is 1.96. The van der Waals surface area contributed by atoms with Crippen molar-refractivity contribution in [1.82, 2.24) is 9.97 Å². The number of carbonyl (C=O) groups is 1. The molecule has 86 valence electrons. The summed E-state index contributed by atoms with van der Waals surface area (Å²) in [6.45, 7) is 0. The normalized spacial score (nSPS) is 10.2. The van der Waals surface area contributed by atoms with Gasteiger partial charge in [-0.15, -0.1) is 0 Å². The van der Waals surface area contributed by atoms with E-state index in [1.54, 1.807) is 6.07 Å². The van der Waals surface area contributed by atoms with E-state index in [4.69, 9.17) is 0 Å². The van der Waals surface area contributed by atoms with Gasteiger partial charge in [-0.3, -0.25) is 4.79 Å². The largest absolute Gasteiger partial charge is 0.294 e. The van der Waals surface area contributed by atoms with E-state index in [0.717, 1.165) is 0 Å². The molecule has 0 bridgehead atoms. The van der Waals surface area contributed by atoms with Crippen LogP contribution in [0.5, 0.6) is 0 Å². The van der Waals surface area contributed by atoms with Gasteiger partial charge in [0.25, 0.3) is 0 Å². The predicted octanol–water partition coefficient (Wildman–Crippen LogP) is 2.80. The number of hydrogen-bond acceptors (Lipinski definition) is 3. The van der Waals surface area contributed by atoms with E-state index in [1.807, 2.05) is 0 Å². The van der Waals surface area contributed by atoms with Crippen molar-refractivity contribution in [1.29, 1.82) is 0 Å². The summed E-state index contributed by atoms with van der Waals surface area (Å²) in [5.74, 6) is -0.505. The van der Waals surface area contributed by atoms with Crippen molar-refractivity contribution in [3.8, 4) is 0 Å². The Morgan fingerprint density at radius 2 is 1.94 bits per heavy atom.